The normalized spacial score (nSPS) is 17.0. The minimum atomic E-state index is -0.0395. The van der Waals surface area contributed by atoms with Crippen molar-refractivity contribution < 1.29 is 14.3 Å². The number of likely N-dealkylation sites (tertiary alicyclic amines) is 1. The zero-order chi connectivity index (χ0) is 18.5. The summed E-state index contributed by atoms with van der Waals surface area (Å²) in [6.45, 7) is 5.23. The Morgan fingerprint density at radius 3 is 2.77 bits per heavy atom. The van der Waals surface area contributed by atoms with Gasteiger partial charge in [-0.15, -0.1) is 5.10 Å². The summed E-state index contributed by atoms with van der Waals surface area (Å²) in [5.74, 6) is 1.48. The van der Waals surface area contributed by atoms with Gasteiger partial charge >= 0.3 is 0 Å². The highest BCUT2D eigenvalue weighted by atomic mass is 16.5. The van der Waals surface area contributed by atoms with Crippen LogP contribution >= 0.6 is 0 Å². The van der Waals surface area contributed by atoms with E-state index in [0.29, 0.717) is 18.8 Å². The van der Waals surface area contributed by atoms with Gasteiger partial charge in [0, 0.05) is 12.6 Å². The van der Waals surface area contributed by atoms with Crippen LogP contribution in [0.2, 0.25) is 0 Å². The van der Waals surface area contributed by atoms with Crippen LogP contribution in [0.25, 0.3) is 0 Å². The first-order valence-electron chi connectivity index (χ1n) is 8.93. The predicted molar refractivity (Wildman–Crippen MR) is 98.4 cm³/mol. The second-order valence-electron chi connectivity index (χ2n) is 6.72. The molecular weight excluding hydrogens is 330 g/mol. The van der Waals surface area contributed by atoms with Crippen molar-refractivity contribution in [1.82, 2.24) is 15.1 Å². The third-order valence-corrected chi connectivity index (χ3v) is 4.61. The number of aryl methyl sites for hydroxylation is 2. The number of ether oxygens (including phenoxy) is 2. The van der Waals surface area contributed by atoms with Gasteiger partial charge in [0.1, 0.15) is 11.9 Å². The number of amides is 1. The lowest BCUT2D eigenvalue weighted by molar-refractivity contribution is -0.133. The maximum atomic E-state index is 12.7. The van der Waals surface area contributed by atoms with Crippen LogP contribution in [0.15, 0.2) is 30.3 Å². The molecule has 1 saturated heterocycles. The average molecular weight is 355 g/mol. The summed E-state index contributed by atoms with van der Waals surface area (Å²) in [6.07, 6.45) is 2.20. The number of hydrogen-bond acceptors (Lipinski definition) is 5. The van der Waals surface area contributed by atoms with E-state index in [1.54, 1.807) is 7.11 Å². The highest BCUT2D eigenvalue weighted by Crippen LogP contribution is 2.21. The van der Waals surface area contributed by atoms with Crippen molar-refractivity contribution in [1.29, 1.82) is 0 Å². The number of methoxy groups -OCH3 is 1. The van der Waals surface area contributed by atoms with Crippen LogP contribution in [0, 0.1) is 13.8 Å². The molecule has 138 valence electrons. The van der Waals surface area contributed by atoms with Gasteiger partial charge in [-0.05, 0) is 49.9 Å². The van der Waals surface area contributed by atoms with Gasteiger partial charge in [-0.1, -0.05) is 12.1 Å². The van der Waals surface area contributed by atoms with Crippen molar-refractivity contribution in [2.75, 3.05) is 20.2 Å². The maximum absolute atomic E-state index is 12.7. The Bertz CT molecular complexity index is 761. The molecule has 6 heteroatoms. The molecule has 0 spiro atoms. The molecule has 0 aliphatic carbocycles. The van der Waals surface area contributed by atoms with Crippen molar-refractivity contribution >= 4 is 5.91 Å². The van der Waals surface area contributed by atoms with Crippen molar-refractivity contribution in [3.8, 4) is 11.6 Å². The molecule has 1 aliphatic heterocycles. The van der Waals surface area contributed by atoms with Crippen LogP contribution in [0.3, 0.4) is 0 Å². The Morgan fingerprint density at radius 2 is 2.08 bits per heavy atom. The molecule has 1 unspecified atom stereocenters. The summed E-state index contributed by atoms with van der Waals surface area (Å²) < 4.78 is 11.2. The summed E-state index contributed by atoms with van der Waals surface area (Å²) in [5.41, 5.74) is 2.89. The standard InChI is InChI=1S/C20H25N3O3/c1-14-11-16(7-8-18(14)25-3)12-20(24)23-10-4-5-17(13-23)26-19-9-6-15(2)21-22-19/h6-9,11,17H,4-5,10,12-13H2,1-3H3. The number of carbonyl (C=O) groups excluding carboxylic acids is 1. The SMILES string of the molecule is COc1ccc(CC(=O)N2CCCC(Oc3ccc(C)nn3)C2)cc1C. The molecule has 6 nitrogen and oxygen atoms in total. The Balaban J connectivity index is 1.59. The third-order valence-electron chi connectivity index (χ3n) is 4.61. The van der Waals surface area contributed by atoms with Crippen molar-refractivity contribution in [2.45, 2.75) is 39.2 Å². The molecule has 2 aromatic rings. The van der Waals surface area contributed by atoms with Crippen LogP contribution < -0.4 is 9.47 Å². The van der Waals surface area contributed by atoms with E-state index in [9.17, 15) is 4.79 Å². The number of hydrogen-bond donors (Lipinski definition) is 0. The number of aromatic nitrogens is 2. The molecule has 0 bridgehead atoms. The topological polar surface area (TPSA) is 64.5 Å². The highest BCUT2D eigenvalue weighted by Gasteiger charge is 2.25. The monoisotopic (exact) mass is 355 g/mol. The fourth-order valence-corrected chi connectivity index (χ4v) is 3.22. The molecule has 1 aromatic carbocycles. The van der Waals surface area contributed by atoms with E-state index in [2.05, 4.69) is 10.2 Å². The van der Waals surface area contributed by atoms with Gasteiger partial charge in [0.25, 0.3) is 0 Å². The van der Waals surface area contributed by atoms with Gasteiger partial charge < -0.3 is 14.4 Å². The van der Waals surface area contributed by atoms with E-state index in [4.69, 9.17) is 9.47 Å². The smallest absolute Gasteiger partial charge is 0.233 e. The van der Waals surface area contributed by atoms with Crippen molar-refractivity contribution in [2.24, 2.45) is 0 Å². The fourth-order valence-electron chi connectivity index (χ4n) is 3.22. The minimum Gasteiger partial charge on any atom is -0.496 e. The molecule has 3 rings (SSSR count). The zero-order valence-electron chi connectivity index (χ0n) is 15.6. The van der Waals surface area contributed by atoms with Gasteiger partial charge in [0.15, 0.2) is 0 Å². The molecule has 1 aliphatic rings. The fraction of sp³-hybridized carbons (Fsp3) is 0.450. The highest BCUT2D eigenvalue weighted by molar-refractivity contribution is 5.79. The summed E-state index contributed by atoms with van der Waals surface area (Å²) in [7, 11) is 1.65. The molecule has 0 radical (unpaired) electrons. The molecule has 1 amide bonds. The van der Waals surface area contributed by atoms with E-state index in [0.717, 1.165) is 42.0 Å². The largest absolute Gasteiger partial charge is 0.496 e. The summed E-state index contributed by atoms with van der Waals surface area (Å²) in [5, 5.41) is 8.06. The summed E-state index contributed by atoms with van der Waals surface area (Å²) in [4.78, 5) is 14.6. The quantitative estimate of drug-likeness (QED) is 0.825. The van der Waals surface area contributed by atoms with Crippen LogP contribution in [0.4, 0.5) is 0 Å². The molecule has 2 heterocycles. The van der Waals surface area contributed by atoms with Crippen LogP contribution in [0.5, 0.6) is 11.6 Å². The number of carbonyl (C=O) groups is 1. The number of piperidine rings is 1. The van der Waals surface area contributed by atoms with E-state index in [1.165, 1.54) is 0 Å². The van der Waals surface area contributed by atoms with E-state index in [1.807, 2.05) is 49.1 Å². The Morgan fingerprint density at radius 1 is 1.23 bits per heavy atom. The molecule has 26 heavy (non-hydrogen) atoms. The second-order valence-corrected chi connectivity index (χ2v) is 6.72. The molecule has 0 saturated carbocycles. The summed E-state index contributed by atoms with van der Waals surface area (Å²) in [6, 6.07) is 9.57. The maximum Gasteiger partial charge on any atom is 0.233 e. The van der Waals surface area contributed by atoms with Gasteiger partial charge in [-0.3, -0.25) is 4.79 Å². The van der Waals surface area contributed by atoms with Crippen molar-refractivity contribution in [3.63, 3.8) is 0 Å². The Labute approximate surface area is 154 Å². The Hall–Kier alpha value is -2.63. The molecular formula is C20H25N3O3. The van der Waals surface area contributed by atoms with Crippen LogP contribution in [-0.2, 0) is 11.2 Å². The minimum absolute atomic E-state index is 0.0395. The number of rotatable bonds is 5. The Kier molecular flexibility index (Phi) is 5.71. The van der Waals surface area contributed by atoms with E-state index in [-0.39, 0.29) is 12.0 Å². The van der Waals surface area contributed by atoms with E-state index >= 15 is 0 Å². The number of benzene rings is 1. The number of nitrogens with zero attached hydrogens (tertiary/aromatic N) is 3. The zero-order valence-corrected chi connectivity index (χ0v) is 15.6. The predicted octanol–water partition coefficient (Wildman–Crippen LogP) is 2.71. The van der Waals surface area contributed by atoms with Crippen molar-refractivity contribution in [3.05, 3.63) is 47.2 Å². The lowest BCUT2D eigenvalue weighted by Crippen LogP contribution is -2.45. The van der Waals surface area contributed by atoms with E-state index < -0.39 is 0 Å². The lowest BCUT2D eigenvalue weighted by atomic mass is 10.0. The second kappa shape index (κ2) is 8.17. The summed E-state index contributed by atoms with van der Waals surface area (Å²) >= 11 is 0. The average Bonchev–Trinajstić information content (AvgIpc) is 2.64. The first kappa shape index (κ1) is 18.2. The third kappa shape index (κ3) is 4.50. The molecule has 1 atom stereocenters. The molecule has 1 aromatic heterocycles. The molecule has 0 N–H and O–H groups in total. The first-order chi connectivity index (χ1) is 12.5. The van der Waals surface area contributed by atoms with Gasteiger partial charge in [0.05, 0.1) is 25.8 Å². The lowest BCUT2D eigenvalue weighted by Gasteiger charge is -2.32. The van der Waals surface area contributed by atoms with Crippen LogP contribution in [0.1, 0.15) is 29.7 Å². The van der Waals surface area contributed by atoms with Crippen LogP contribution in [-0.4, -0.2) is 47.3 Å². The first-order valence-corrected chi connectivity index (χ1v) is 8.93. The van der Waals surface area contributed by atoms with Gasteiger partial charge in [0.2, 0.25) is 11.8 Å². The van der Waals surface area contributed by atoms with Gasteiger partial charge in [-0.25, -0.2) is 0 Å². The van der Waals surface area contributed by atoms with Gasteiger partial charge in [-0.2, -0.15) is 5.10 Å². The molecule has 1 fully saturated rings.